The van der Waals surface area contributed by atoms with Gasteiger partial charge in [0.1, 0.15) is 5.75 Å². The third-order valence-electron chi connectivity index (χ3n) is 2.57. The van der Waals surface area contributed by atoms with Crippen molar-refractivity contribution in [3.05, 3.63) is 24.3 Å². The van der Waals surface area contributed by atoms with Gasteiger partial charge in [-0.15, -0.1) is 0 Å². The van der Waals surface area contributed by atoms with Gasteiger partial charge in [0.2, 0.25) is 0 Å². The summed E-state index contributed by atoms with van der Waals surface area (Å²) in [6.45, 7) is 3.01. The SMILES string of the molecule is COc1cccc(N2CCNCC2Br)c1. The lowest BCUT2D eigenvalue weighted by atomic mass is 10.2. The summed E-state index contributed by atoms with van der Waals surface area (Å²) in [5.74, 6) is 0.908. The van der Waals surface area contributed by atoms with E-state index in [0.717, 1.165) is 25.4 Å². The molecular weight excluding hydrogens is 256 g/mol. The van der Waals surface area contributed by atoms with Crippen molar-refractivity contribution in [1.82, 2.24) is 5.32 Å². The van der Waals surface area contributed by atoms with Crippen molar-refractivity contribution in [2.75, 3.05) is 31.6 Å². The second-order valence-corrected chi connectivity index (χ2v) is 4.59. The van der Waals surface area contributed by atoms with Crippen molar-refractivity contribution in [2.45, 2.75) is 4.95 Å². The summed E-state index contributed by atoms with van der Waals surface area (Å²) in [7, 11) is 1.70. The molecule has 0 aliphatic carbocycles. The second-order valence-electron chi connectivity index (χ2n) is 3.53. The maximum Gasteiger partial charge on any atom is 0.120 e. The number of benzene rings is 1. The maximum atomic E-state index is 5.22. The highest BCUT2D eigenvalue weighted by atomic mass is 79.9. The minimum Gasteiger partial charge on any atom is -0.497 e. The van der Waals surface area contributed by atoms with Gasteiger partial charge in [0, 0.05) is 31.4 Å². The number of hydrogen-bond donors (Lipinski definition) is 1. The summed E-state index contributed by atoms with van der Waals surface area (Å²) in [5.41, 5.74) is 1.21. The lowest BCUT2D eigenvalue weighted by molar-refractivity contribution is 0.414. The van der Waals surface area contributed by atoms with E-state index in [0.29, 0.717) is 4.95 Å². The topological polar surface area (TPSA) is 24.5 Å². The van der Waals surface area contributed by atoms with Crippen LogP contribution in [0.1, 0.15) is 0 Å². The molecule has 1 unspecified atom stereocenters. The summed E-state index contributed by atoms with van der Waals surface area (Å²) in [5, 5.41) is 3.34. The molecule has 15 heavy (non-hydrogen) atoms. The van der Waals surface area contributed by atoms with E-state index in [4.69, 9.17) is 4.74 Å². The van der Waals surface area contributed by atoms with Crippen LogP contribution in [-0.2, 0) is 0 Å². The number of nitrogens with zero attached hydrogens (tertiary/aromatic N) is 1. The predicted octanol–water partition coefficient (Wildman–Crippen LogP) is 1.83. The van der Waals surface area contributed by atoms with Gasteiger partial charge in [-0.3, -0.25) is 0 Å². The Kier molecular flexibility index (Phi) is 3.49. The van der Waals surface area contributed by atoms with E-state index in [9.17, 15) is 0 Å². The molecule has 4 heteroatoms. The Balaban J connectivity index is 2.19. The molecule has 0 radical (unpaired) electrons. The predicted molar refractivity (Wildman–Crippen MR) is 65.9 cm³/mol. The summed E-state index contributed by atoms with van der Waals surface area (Å²) in [4.78, 5) is 2.69. The second kappa shape index (κ2) is 4.86. The zero-order valence-electron chi connectivity index (χ0n) is 8.74. The van der Waals surface area contributed by atoms with E-state index in [1.807, 2.05) is 12.1 Å². The average Bonchev–Trinajstić information content (AvgIpc) is 2.30. The minimum atomic E-state index is 0.360. The van der Waals surface area contributed by atoms with E-state index in [1.165, 1.54) is 5.69 Å². The molecule has 1 fully saturated rings. The fraction of sp³-hybridized carbons (Fsp3) is 0.455. The van der Waals surface area contributed by atoms with Gasteiger partial charge in [-0.25, -0.2) is 0 Å². The summed E-state index contributed by atoms with van der Waals surface area (Å²) >= 11 is 3.66. The molecule has 1 aromatic carbocycles. The van der Waals surface area contributed by atoms with E-state index in [-0.39, 0.29) is 0 Å². The van der Waals surface area contributed by atoms with Crippen molar-refractivity contribution in [3.8, 4) is 5.75 Å². The van der Waals surface area contributed by atoms with Crippen LogP contribution >= 0.6 is 15.9 Å². The fourth-order valence-corrected chi connectivity index (χ4v) is 2.42. The van der Waals surface area contributed by atoms with Gasteiger partial charge in [0.05, 0.1) is 12.1 Å². The normalized spacial score (nSPS) is 21.5. The number of alkyl halides is 1. The Morgan fingerprint density at radius 1 is 1.53 bits per heavy atom. The van der Waals surface area contributed by atoms with Crippen molar-refractivity contribution < 1.29 is 4.74 Å². The zero-order valence-corrected chi connectivity index (χ0v) is 10.3. The molecule has 1 atom stereocenters. The lowest BCUT2D eigenvalue weighted by Gasteiger charge is -2.34. The van der Waals surface area contributed by atoms with E-state index >= 15 is 0 Å². The third kappa shape index (κ3) is 2.44. The monoisotopic (exact) mass is 270 g/mol. The van der Waals surface area contributed by atoms with Crippen LogP contribution < -0.4 is 15.0 Å². The fourth-order valence-electron chi connectivity index (χ4n) is 1.75. The largest absolute Gasteiger partial charge is 0.497 e. The Morgan fingerprint density at radius 3 is 3.13 bits per heavy atom. The number of anilines is 1. The highest BCUT2D eigenvalue weighted by Crippen LogP contribution is 2.25. The average molecular weight is 271 g/mol. The van der Waals surface area contributed by atoms with Crippen LogP contribution in [0.3, 0.4) is 0 Å². The number of piperazine rings is 1. The molecule has 1 saturated heterocycles. The number of nitrogens with one attached hydrogen (secondary N) is 1. The van der Waals surface area contributed by atoms with Gasteiger partial charge in [-0.05, 0) is 12.1 Å². The van der Waals surface area contributed by atoms with Crippen molar-refractivity contribution in [1.29, 1.82) is 0 Å². The standard InChI is InChI=1S/C11H15BrN2O/c1-15-10-4-2-3-9(7-10)14-6-5-13-8-11(14)12/h2-4,7,11,13H,5-6,8H2,1H3. The molecule has 0 bridgehead atoms. The van der Waals surface area contributed by atoms with Crippen molar-refractivity contribution in [3.63, 3.8) is 0 Å². The molecule has 1 aliphatic rings. The molecule has 0 spiro atoms. The Hall–Kier alpha value is -0.740. The molecule has 0 aromatic heterocycles. The van der Waals surface area contributed by atoms with Crippen LogP contribution in [0.5, 0.6) is 5.75 Å². The first-order chi connectivity index (χ1) is 7.31. The van der Waals surface area contributed by atoms with Gasteiger partial charge in [-0.1, -0.05) is 22.0 Å². The maximum absolute atomic E-state index is 5.22. The van der Waals surface area contributed by atoms with Crippen LogP contribution in [0.4, 0.5) is 5.69 Å². The van der Waals surface area contributed by atoms with Gasteiger partial charge in [0.25, 0.3) is 0 Å². The summed E-state index contributed by atoms with van der Waals surface area (Å²) < 4.78 is 5.22. The third-order valence-corrected chi connectivity index (χ3v) is 3.38. The number of rotatable bonds is 2. The van der Waals surface area contributed by atoms with Crippen LogP contribution in [0, 0.1) is 0 Å². The number of halogens is 1. The van der Waals surface area contributed by atoms with Crippen LogP contribution in [0.2, 0.25) is 0 Å². The van der Waals surface area contributed by atoms with Gasteiger partial charge >= 0.3 is 0 Å². The molecule has 3 nitrogen and oxygen atoms in total. The van der Waals surface area contributed by atoms with E-state index in [1.54, 1.807) is 7.11 Å². The molecule has 1 heterocycles. The van der Waals surface area contributed by atoms with E-state index in [2.05, 4.69) is 38.3 Å². The van der Waals surface area contributed by atoms with Crippen LogP contribution in [-0.4, -0.2) is 31.7 Å². The van der Waals surface area contributed by atoms with Gasteiger partial charge < -0.3 is 15.0 Å². The molecule has 1 aromatic rings. The zero-order chi connectivity index (χ0) is 10.7. The summed E-state index contributed by atoms with van der Waals surface area (Å²) in [6, 6.07) is 8.17. The molecule has 2 rings (SSSR count). The van der Waals surface area contributed by atoms with Crippen LogP contribution in [0.25, 0.3) is 0 Å². The Labute approximate surface area is 98.5 Å². The quantitative estimate of drug-likeness (QED) is 0.656. The highest BCUT2D eigenvalue weighted by molar-refractivity contribution is 9.09. The summed E-state index contributed by atoms with van der Waals surface area (Å²) in [6.07, 6.45) is 0. The number of hydrogen-bond acceptors (Lipinski definition) is 3. The minimum absolute atomic E-state index is 0.360. The Morgan fingerprint density at radius 2 is 2.40 bits per heavy atom. The first-order valence-corrected chi connectivity index (χ1v) is 5.98. The van der Waals surface area contributed by atoms with Gasteiger partial charge in [-0.2, -0.15) is 0 Å². The number of methoxy groups -OCH3 is 1. The highest BCUT2D eigenvalue weighted by Gasteiger charge is 2.19. The van der Waals surface area contributed by atoms with Crippen molar-refractivity contribution in [2.24, 2.45) is 0 Å². The molecule has 0 saturated carbocycles. The first kappa shape index (κ1) is 10.8. The van der Waals surface area contributed by atoms with Crippen molar-refractivity contribution >= 4 is 21.6 Å². The molecule has 1 aliphatic heterocycles. The van der Waals surface area contributed by atoms with Crippen LogP contribution in [0.15, 0.2) is 24.3 Å². The molecule has 1 N–H and O–H groups in total. The molecule has 82 valence electrons. The molecule has 0 amide bonds. The smallest absolute Gasteiger partial charge is 0.120 e. The van der Waals surface area contributed by atoms with E-state index < -0.39 is 0 Å². The lowest BCUT2D eigenvalue weighted by Crippen LogP contribution is -2.48. The number of ether oxygens (including phenoxy) is 1. The van der Waals surface area contributed by atoms with Gasteiger partial charge in [0.15, 0.2) is 0 Å². The molecular formula is C11H15BrN2O. The first-order valence-electron chi connectivity index (χ1n) is 5.07. The Bertz CT molecular complexity index is 332.